The lowest BCUT2D eigenvalue weighted by Crippen LogP contribution is -2.50. The first kappa shape index (κ1) is 16.2. The Hall–Kier alpha value is -1.16. The Balaban J connectivity index is 2.43. The van der Waals surface area contributed by atoms with Gasteiger partial charge < -0.3 is 14.6 Å². The number of ether oxygens (including phenoxy) is 2. The van der Waals surface area contributed by atoms with Crippen LogP contribution in [-0.2, 0) is 9.47 Å². The number of methoxy groups -OCH3 is 2. The quantitative estimate of drug-likeness (QED) is 0.847. The summed E-state index contributed by atoms with van der Waals surface area (Å²) in [7, 11) is 3.39. The number of aliphatic hydroxyl groups is 1. The van der Waals surface area contributed by atoms with Crippen LogP contribution in [0.3, 0.4) is 0 Å². The van der Waals surface area contributed by atoms with Gasteiger partial charge in [-0.2, -0.15) is 0 Å². The summed E-state index contributed by atoms with van der Waals surface area (Å²) in [6.45, 7) is 5.17. The Labute approximate surface area is 127 Å². The predicted octanol–water partition coefficient (Wildman–Crippen LogP) is 3.01. The summed E-state index contributed by atoms with van der Waals surface area (Å²) in [6.07, 6.45) is 2.19. The maximum absolute atomic E-state index is 11.2. The third-order valence-electron chi connectivity index (χ3n) is 4.73. The number of benzene rings is 1. The number of rotatable bonds is 5. The predicted molar refractivity (Wildman–Crippen MR) is 84.3 cm³/mol. The van der Waals surface area contributed by atoms with Crippen LogP contribution in [-0.4, -0.2) is 38.1 Å². The minimum Gasteiger partial charge on any atom is -0.389 e. The first-order valence-corrected chi connectivity index (χ1v) is 7.45. The molecular weight excluding hydrogens is 264 g/mol. The number of hydrogen-bond donors (Lipinski definition) is 1. The Morgan fingerprint density at radius 1 is 1.10 bits per heavy atom. The molecule has 0 spiro atoms. The molecule has 2 rings (SSSR count). The summed E-state index contributed by atoms with van der Waals surface area (Å²) < 4.78 is 10.7. The van der Waals surface area contributed by atoms with Gasteiger partial charge in [-0.05, 0) is 19.4 Å². The van der Waals surface area contributed by atoms with Gasteiger partial charge in [-0.3, -0.25) is 0 Å². The van der Waals surface area contributed by atoms with E-state index in [4.69, 9.17) is 9.47 Å². The van der Waals surface area contributed by atoms with Crippen LogP contribution in [0.1, 0.15) is 25.3 Å². The Kier molecular flexibility index (Phi) is 5.20. The molecule has 116 valence electrons. The minimum atomic E-state index is -0.861. The summed E-state index contributed by atoms with van der Waals surface area (Å²) in [5.74, 6) is 0.175. The van der Waals surface area contributed by atoms with Gasteiger partial charge in [0.2, 0.25) is 0 Å². The van der Waals surface area contributed by atoms with Crippen molar-refractivity contribution in [2.24, 2.45) is 11.8 Å². The number of hydrogen-bond acceptors (Lipinski definition) is 3. The highest BCUT2D eigenvalue weighted by atomic mass is 16.5. The maximum Gasteiger partial charge on any atom is 0.0779 e. The molecule has 0 saturated carbocycles. The average molecular weight is 290 g/mol. The van der Waals surface area contributed by atoms with E-state index in [0.29, 0.717) is 13.2 Å². The molecule has 0 bridgehead atoms. The molecular formula is C18H26O3. The van der Waals surface area contributed by atoms with Crippen molar-refractivity contribution < 1.29 is 14.6 Å². The van der Waals surface area contributed by atoms with Gasteiger partial charge in [-0.15, -0.1) is 0 Å². The molecule has 0 fully saturated rings. The average Bonchev–Trinajstić information content (AvgIpc) is 2.47. The molecule has 0 aliphatic heterocycles. The van der Waals surface area contributed by atoms with Crippen molar-refractivity contribution in [2.75, 3.05) is 27.4 Å². The van der Waals surface area contributed by atoms with Crippen molar-refractivity contribution in [1.82, 2.24) is 0 Å². The third kappa shape index (κ3) is 3.20. The lowest BCUT2D eigenvalue weighted by atomic mass is 9.64. The van der Waals surface area contributed by atoms with E-state index in [0.717, 1.165) is 5.56 Å². The molecule has 0 saturated heterocycles. The summed E-state index contributed by atoms with van der Waals surface area (Å²) in [5, 5.41) is 11.2. The molecule has 1 aliphatic carbocycles. The van der Waals surface area contributed by atoms with Gasteiger partial charge in [0, 0.05) is 32.0 Å². The van der Waals surface area contributed by atoms with Gasteiger partial charge in [0.25, 0.3) is 0 Å². The summed E-state index contributed by atoms with van der Waals surface area (Å²) in [4.78, 5) is 0. The highest BCUT2D eigenvalue weighted by Gasteiger charge is 2.47. The Morgan fingerprint density at radius 3 is 2.29 bits per heavy atom. The monoisotopic (exact) mass is 290 g/mol. The van der Waals surface area contributed by atoms with Gasteiger partial charge in [-0.25, -0.2) is 0 Å². The lowest BCUT2D eigenvalue weighted by Gasteiger charge is -2.46. The van der Waals surface area contributed by atoms with Crippen molar-refractivity contribution in [1.29, 1.82) is 0 Å². The van der Waals surface area contributed by atoms with Gasteiger partial charge >= 0.3 is 0 Å². The zero-order valence-corrected chi connectivity index (χ0v) is 13.4. The van der Waals surface area contributed by atoms with Crippen molar-refractivity contribution in [3.8, 4) is 0 Å². The molecule has 21 heavy (non-hydrogen) atoms. The van der Waals surface area contributed by atoms with Gasteiger partial charge in [0.05, 0.1) is 18.8 Å². The Morgan fingerprint density at radius 2 is 1.71 bits per heavy atom. The molecule has 1 aromatic carbocycles. The Bertz CT molecular complexity index is 478. The second-order valence-electron chi connectivity index (χ2n) is 6.15. The van der Waals surface area contributed by atoms with E-state index in [-0.39, 0.29) is 17.8 Å². The summed E-state index contributed by atoms with van der Waals surface area (Å²) >= 11 is 0. The SMILES string of the molecule is COC[C@H]1C(C)=C[C@@H](c2ccccc2)[C@@](C)(O)[C@H]1COC. The normalized spacial score (nSPS) is 32.8. The fourth-order valence-corrected chi connectivity index (χ4v) is 3.50. The van der Waals surface area contributed by atoms with Crippen molar-refractivity contribution in [2.45, 2.75) is 25.4 Å². The topological polar surface area (TPSA) is 38.7 Å². The summed E-state index contributed by atoms with van der Waals surface area (Å²) in [5.41, 5.74) is 1.54. The summed E-state index contributed by atoms with van der Waals surface area (Å²) in [6, 6.07) is 10.2. The van der Waals surface area contributed by atoms with Crippen molar-refractivity contribution in [3.05, 3.63) is 47.5 Å². The molecule has 0 unspecified atom stereocenters. The van der Waals surface area contributed by atoms with E-state index >= 15 is 0 Å². The molecule has 0 heterocycles. The highest BCUT2D eigenvalue weighted by Crippen LogP contribution is 2.46. The molecule has 1 aromatic rings. The van der Waals surface area contributed by atoms with E-state index in [2.05, 4.69) is 25.1 Å². The molecule has 1 aliphatic rings. The molecule has 0 radical (unpaired) electrons. The molecule has 0 amide bonds. The van der Waals surface area contributed by atoms with Crippen LogP contribution in [0.2, 0.25) is 0 Å². The second-order valence-corrected chi connectivity index (χ2v) is 6.15. The fourth-order valence-electron chi connectivity index (χ4n) is 3.50. The molecule has 3 heteroatoms. The van der Waals surface area contributed by atoms with E-state index in [9.17, 15) is 5.11 Å². The van der Waals surface area contributed by atoms with Crippen LogP contribution in [0.25, 0.3) is 0 Å². The second kappa shape index (κ2) is 6.73. The zero-order chi connectivity index (χ0) is 15.5. The molecule has 1 N–H and O–H groups in total. The van der Waals surface area contributed by atoms with E-state index in [1.807, 2.05) is 25.1 Å². The van der Waals surface area contributed by atoms with Crippen LogP contribution in [0.5, 0.6) is 0 Å². The molecule has 4 atom stereocenters. The zero-order valence-electron chi connectivity index (χ0n) is 13.4. The van der Waals surface area contributed by atoms with Gasteiger partial charge in [-0.1, -0.05) is 42.0 Å². The smallest absolute Gasteiger partial charge is 0.0779 e. The highest BCUT2D eigenvalue weighted by molar-refractivity contribution is 5.33. The van der Waals surface area contributed by atoms with E-state index in [1.54, 1.807) is 14.2 Å². The van der Waals surface area contributed by atoms with Crippen molar-refractivity contribution >= 4 is 0 Å². The van der Waals surface area contributed by atoms with Crippen LogP contribution in [0.15, 0.2) is 42.0 Å². The standard InChI is InChI=1S/C18H26O3/c1-13-10-16(14-8-6-5-7-9-14)18(2,19)17(12-21-4)15(13)11-20-3/h5-10,15-17,19H,11-12H2,1-4H3/t15-,16-,17-,18+/m0/s1. The minimum absolute atomic E-state index is 0.0117. The van der Waals surface area contributed by atoms with E-state index < -0.39 is 5.60 Å². The molecule has 0 aromatic heterocycles. The van der Waals surface area contributed by atoms with Crippen LogP contribution >= 0.6 is 0 Å². The molecule has 3 nitrogen and oxygen atoms in total. The van der Waals surface area contributed by atoms with Crippen LogP contribution in [0, 0.1) is 11.8 Å². The fraction of sp³-hybridized carbons (Fsp3) is 0.556. The largest absolute Gasteiger partial charge is 0.389 e. The first-order valence-electron chi connectivity index (χ1n) is 7.45. The third-order valence-corrected chi connectivity index (χ3v) is 4.73. The van der Waals surface area contributed by atoms with Crippen LogP contribution in [0.4, 0.5) is 0 Å². The van der Waals surface area contributed by atoms with Gasteiger partial charge in [0.15, 0.2) is 0 Å². The first-order chi connectivity index (χ1) is 10.0. The van der Waals surface area contributed by atoms with E-state index in [1.165, 1.54) is 5.57 Å². The maximum atomic E-state index is 11.2. The van der Waals surface area contributed by atoms with Gasteiger partial charge in [0.1, 0.15) is 0 Å². The van der Waals surface area contributed by atoms with Crippen LogP contribution < -0.4 is 0 Å². The lowest BCUT2D eigenvalue weighted by molar-refractivity contribution is -0.0794. The van der Waals surface area contributed by atoms with Crippen molar-refractivity contribution in [3.63, 3.8) is 0 Å².